The number of ether oxygens (including phenoxy) is 1. The fourth-order valence-electron chi connectivity index (χ4n) is 1.73. The highest BCUT2D eigenvalue weighted by Gasteiger charge is 2.19. The number of alkyl carbamates (subject to hydrolysis) is 1. The number of amides is 1. The van der Waals surface area contributed by atoms with Gasteiger partial charge in [0, 0.05) is 22.9 Å². The maximum atomic E-state index is 12.1. The van der Waals surface area contributed by atoms with E-state index in [2.05, 4.69) is 5.32 Å². The summed E-state index contributed by atoms with van der Waals surface area (Å²) in [6.45, 7) is 7.19. The second-order valence-electron chi connectivity index (χ2n) is 5.90. The Bertz CT molecular complexity index is 491. The standard InChI is InChI=1S/C16H23NO3S/c1-11(17-15(19)20-16(2,3)4)10-14(18)12-6-8-13(21-5)9-7-12/h6-9,11H,10H2,1-5H3,(H,17,19). The van der Waals surface area contributed by atoms with Crippen LogP contribution in [0.5, 0.6) is 0 Å². The van der Waals surface area contributed by atoms with Crippen LogP contribution in [0.4, 0.5) is 4.79 Å². The Morgan fingerprint density at radius 3 is 2.29 bits per heavy atom. The summed E-state index contributed by atoms with van der Waals surface area (Å²) >= 11 is 1.63. The Labute approximate surface area is 130 Å². The van der Waals surface area contributed by atoms with Crippen LogP contribution in [0.15, 0.2) is 29.2 Å². The molecule has 4 nitrogen and oxygen atoms in total. The lowest BCUT2D eigenvalue weighted by atomic mass is 10.0. The summed E-state index contributed by atoms with van der Waals surface area (Å²) in [5, 5.41) is 2.67. The molecule has 1 atom stereocenters. The van der Waals surface area contributed by atoms with Crippen molar-refractivity contribution in [3.63, 3.8) is 0 Å². The van der Waals surface area contributed by atoms with Crippen molar-refractivity contribution in [1.82, 2.24) is 5.32 Å². The highest BCUT2D eigenvalue weighted by atomic mass is 32.2. The van der Waals surface area contributed by atoms with Crippen molar-refractivity contribution < 1.29 is 14.3 Å². The number of rotatable bonds is 5. The topological polar surface area (TPSA) is 55.4 Å². The van der Waals surface area contributed by atoms with E-state index < -0.39 is 11.7 Å². The fourth-order valence-corrected chi connectivity index (χ4v) is 2.14. The SMILES string of the molecule is CSc1ccc(C(=O)CC(C)NC(=O)OC(C)(C)C)cc1. The zero-order valence-electron chi connectivity index (χ0n) is 13.2. The lowest BCUT2D eigenvalue weighted by molar-refractivity contribution is 0.0506. The third kappa shape index (κ3) is 6.67. The van der Waals surface area contributed by atoms with Crippen LogP contribution < -0.4 is 5.32 Å². The van der Waals surface area contributed by atoms with E-state index in [9.17, 15) is 9.59 Å². The van der Waals surface area contributed by atoms with Crippen molar-refractivity contribution in [3.05, 3.63) is 29.8 Å². The Morgan fingerprint density at radius 2 is 1.81 bits per heavy atom. The van der Waals surface area contributed by atoms with E-state index in [1.165, 1.54) is 0 Å². The molecular weight excluding hydrogens is 286 g/mol. The average Bonchev–Trinajstić information content (AvgIpc) is 2.36. The second-order valence-corrected chi connectivity index (χ2v) is 6.78. The van der Waals surface area contributed by atoms with Gasteiger partial charge in [0.05, 0.1) is 0 Å². The molecule has 0 fully saturated rings. The Hall–Kier alpha value is -1.49. The van der Waals surface area contributed by atoms with Crippen LogP contribution in [0.25, 0.3) is 0 Å². The number of hydrogen-bond donors (Lipinski definition) is 1. The lowest BCUT2D eigenvalue weighted by Crippen LogP contribution is -2.38. The highest BCUT2D eigenvalue weighted by Crippen LogP contribution is 2.16. The zero-order valence-corrected chi connectivity index (χ0v) is 14.0. The van der Waals surface area contributed by atoms with E-state index in [1.54, 1.807) is 39.5 Å². The summed E-state index contributed by atoms with van der Waals surface area (Å²) in [4.78, 5) is 24.9. The fraction of sp³-hybridized carbons (Fsp3) is 0.500. The molecule has 0 aliphatic carbocycles. The number of Topliss-reactive ketones (excluding diaryl/α,β-unsaturated/α-hetero) is 1. The second kappa shape index (κ2) is 7.50. The minimum absolute atomic E-state index is 0.00575. The molecule has 5 heteroatoms. The third-order valence-corrected chi connectivity index (χ3v) is 3.41. The molecule has 1 aromatic rings. The van der Waals surface area contributed by atoms with Crippen LogP contribution >= 0.6 is 11.8 Å². The van der Waals surface area contributed by atoms with Crippen LogP contribution in [-0.2, 0) is 4.74 Å². The van der Waals surface area contributed by atoms with E-state index in [4.69, 9.17) is 4.74 Å². The van der Waals surface area contributed by atoms with Gasteiger partial charge in [0.2, 0.25) is 0 Å². The molecule has 0 heterocycles. The van der Waals surface area contributed by atoms with E-state index in [0.717, 1.165) is 4.90 Å². The minimum Gasteiger partial charge on any atom is -0.444 e. The van der Waals surface area contributed by atoms with E-state index in [-0.39, 0.29) is 18.2 Å². The molecule has 0 spiro atoms. The molecule has 0 aliphatic rings. The summed E-state index contributed by atoms with van der Waals surface area (Å²) in [6.07, 6.45) is 1.74. The summed E-state index contributed by atoms with van der Waals surface area (Å²) in [7, 11) is 0. The van der Waals surface area contributed by atoms with Gasteiger partial charge in [-0.25, -0.2) is 4.79 Å². The molecule has 1 N–H and O–H groups in total. The maximum Gasteiger partial charge on any atom is 0.407 e. The molecular formula is C16H23NO3S. The molecule has 1 rings (SSSR count). The molecule has 116 valence electrons. The predicted octanol–water partition coefficient (Wildman–Crippen LogP) is 3.89. The van der Waals surface area contributed by atoms with Crippen molar-refractivity contribution in [3.8, 4) is 0 Å². The number of thioether (sulfide) groups is 1. The third-order valence-electron chi connectivity index (χ3n) is 2.67. The monoisotopic (exact) mass is 309 g/mol. The van der Waals surface area contributed by atoms with Gasteiger partial charge in [-0.3, -0.25) is 4.79 Å². The number of hydrogen-bond acceptors (Lipinski definition) is 4. The van der Waals surface area contributed by atoms with Crippen molar-refractivity contribution >= 4 is 23.6 Å². The Morgan fingerprint density at radius 1 is 1.24 bits per heavy atom. The van der Waals surface area contributed by atoms with E-state index >= 15 is 0 Å². The number of nitrogens with one attached hydrogen (secondary N) is 1. The minimum atomic E-state index is -0.540. The van der Waals surface area contributed by atoms with Gasteiger partial charge in [0.15, 0.2) is 5.78 Å². The van der Waals surface area contributed by atoms with E-state index in [0.29, 0.717) is 5.56 Å². The van der Waals surface area contributed by atoms with Crippen LogP contribution in [0.2, 0.25) is 0 Å². The van der Waals surface area contributed by atoms with Gasteiger partial charge in [0.25, 0.3) is 0 Å². The van der Waals surface area contributed by atoms with Gasteiger partial charge in [-0.2, -0.15) is 0 Å². The first-order valence-corrected chi connectivity index (χ1v) is 8.10. The largest absolute Gasteiger partial charge is 0.444 e. The molecule has 1 unspecified atom stereocenters. The molecule has 0 bridgehead atoms. The first-order chi connectivity index (χ1) is 9.71. The van der Waals surface area contributed by atoms with Gasteiger partial charge in [0.1, 0.15) is 5.60 Å². The Balaban J connectivity index is 2.51. The van der Waals surface area contributed by atoms with Crippen LogP contribution in [0.1, 0.15) is 44.5 Å². The number of ketones is 1. The first-order valence-electron chi connectivity index (χ1n) is 6.88. The predicted molar refractivity (Wildman–Crippen MR) is 86.0 cm³/mol. The quantitative estimate of drug-likeness (QED) is 0.662. The van der Waals surface area contributed by atoms with E-state index in [1.807, 2.05) is 30.5 Å². The summed E-state index contributed by atoms with van der Waals surface area (Å²) in [6, 6.07) is 7.20. The molecule has 0 saturated heterocycles. The summed E-state index contributed by atoms with van der Waals surface area (Å²) in [5.41, 5.74) is 0.118. The molecule has 0 saturated carbocycles. The molecule has 0 aromatic heterocycles. The zero-order chi connectivity index (χ0) is 16.0. The summed E-state index contributed by atoms with van der Waals surface area (Å²) in [5.74, 6) is 0.00575. The smallest absolute Gasteiger partial charge is 0.407 e. The van der Waals surface area contributed by atoms with Crippen molar-refractivity contribution in [2.45, 2.75) is 50.7 Å². The van der Waals surface area contributed by atoms with Gasteiger partial charge in [-0.1, -0.05) is 12.1 Å². The normalized spacial score (nSPS) is 12.6. The van der Waals surface area contributed by atoms with Gasteiger partial charge < -0.3 is 10.1 Å². The van der Waals surface area contributed by atoms with Crippen molar-refractivity contribution in [2.24, 2.45) is 0 Å². The summed E-state index contributed by atoms with van der Waals surface area (Å²) < 4.78 is 5.16. The molecule has 1 aromatic carbocycles. The number of carbonyl (C=O) groups is 2. The van der Waals surface area contributed by atoms with Gasteiger partial charge >= 0.3 is 6.09 Å². The Kier molecular flexibility index (Phi) is 6.27. The average molecular weight is 309 g/mol. The van der Waals surface area contributed by atoms with Crippen molar-refractivity contribution in [2.75, 3.05) is 6.26 Å². The molecule has 1 amide bonds. The van der Waals surface area contributed by atoms with Crippen molar-refractivity contribution in [1.29, 1.82) is 0 Å². The van der Waals surface area contributed by atoms with Gasteiger partial charge in [-0.15, -0.1) is 11.8 Å². The van der Waals surface area contributed by atoms with Crippen LogP contribution in [-0.4, -0.2) is 29.8 Å². The molecule has 0 aliphatic heterocycles. The number of benzene rings is 1. The molecule has 0 radical (unpaired) electrons. The van der Waals surface area contributed by atoms with Crippen LogP contribution in [0.3, 0.4) is 0 Å². The lowest BCUT2D eigenvalue weighted by Gasteiger charge is -2.21. The maximum absolute atomic E-state index is 12.1. The molecule has 21 heavy (non-hydrogen) atoms. The first kappa shape index (κ1) is 17.6. The highest BCUT2D eigenvalue weighted by molar-refractivity contribution is 7.98. The number of carbonyl (C=O) groups excluding carboxylic acids is 2. The van der Waals surface area contributed by atoms with Crippen LogP contribution in [0, 0.1) is 0 Å². The van der Waals surface area contributed by atoms with Gasteiger partial charge in [-0.05, 0) is 46.1 Å².